The van der Waals surface area contributed by atoms with Crippen molar-refractivity contribution in [2.24, 2.45) is 5.92 Å². The van der Waals surface area contributed by atoms with Gasteiger partial charge in [-0.05, 0) is 37.0 Å². The van der Waals surface area contributed by atoms with Gasteiger partial charge in [0.25, 0.3) is 0 Å². The number of hydrogen-bond donors (Lipinski definition) is 1. The van der Waals surface area contributed by atoms with E-state index >= 15 is 0 Å². The smallest absolute Gasteiger partial charge is 0.143 e. The summed E-state index contributed by atoms with van der Waals surface area (Å²) in [6, 6.07) is 7.49. The van der Waals surface area contributed by atoms with Crippen LogP contribution in [0.4, 0.5) is 0 Å². The van der Waals surface area contributed by atoms with E-state index in [1.807, 2.05) is 26.0 Å². The van der Waals surface area contributed by atoms with E-state index in [4.69, 9.17) is 0 Å². The quantitative estimate of drug-likeness (QED) is 0.307. The van der Waals surface area contributed by atoms with E-state index in [1.165, 1.54) is 44.1 Å². The van der Waals surface area contributed by atoms with Gasteiger partial charge >= 0.3 is 0 Å². The number of aryl methyl sites for hydroxylation is 1. The molecule has 0 spiro atoms. The van der Waals surface area contributed by atoms with Gasteiger partial charge in [0, 0.05) is 12.8 Å². The fourth-order valence-electron chi connectivity index (χ4n) is 3.40. The van der Waals surface area contributed by atoms with E-state index in [2.05, 4.69) is 0 Å². The average Bonchev–Trinajstić information content (AvgIpc) is 2.66. The van der Waals surface area contributed by atoms with E-state index in [0.717, 1.165) is 25.7 Å². The highest BCUT2D eigenvalue weighted by Crippen LogP contribution is 2.18. The predicted octanol–water partition coefficient (Wildman–Crippen LogP) is 6.02. The minimum Gasteiger partial charge on any atom is -0.508 e. The van der Waals surface area contributed by atoms with Crippen molar-refractivity contribution >= 4 is 11.6 Å². The van der Waals surface area contributed by atoms with Crippen LogP contribution in [0.15, 0.2) is 24.3 Å². The molecule has 0 bridgehead atoms. The largest absolute Gasteiger partial charge is 0.508 e. The molecule has 3 heteroatoms. The number of ketones is 2. The van der Waals surface area contributed by atoms with E-state index < -0.39 is 0 Å². The minimum absolute atomic E-state index is 0.116. The predicted molar refractivity (Wildman–Crippen MR) is 107 cm³/mol. The maximum absolute atomic E-state index is 11.9. The summed E-state index contributed by atoms with van der Waals surface area (Å²) in [6.45, 7) is 3.69. The average molecular weight is 361 g/mol. The van der Waals surface area contributed by atoms with Crippen molar-refractivity contribution in [3.8, 4) is 5.75 Å². The third kappa shape index (κ3) is 9.17. The van der Waals surface area contributed by atoms with Crippen molar-refractivity contribution in [2.75, 3.05) is 0 Å². The lowest BCUT2D eigenvalue weighted by Crippen LogP contribution is -2.22. The highest BCUT2D eigenvalue weighted by atomic mass is 16.3. The van der Waals surface area contributed by atoms with Crippen molar-refractivity contribution in [3.63, 3.8) is 0 Å². The van der Waals surface area contributed by atoms with Gasteiger partial charge in [-0.2, -0.15) is 0 Å². The van der Waals surface area contributed by atoms with Crippen LogP contribution in [0.25, 0.3) is 0 Å². The standard InChI is InChI=1S/C23H36O3/c1-3-22(25)21(23(26)4-2)14-12-10-8-6-5-7-9-11-13-19-15-17-20(24)18-16-19/h15-18,21,24H,3-14H2,1-2H3. The Kier molecular flexibility index (Phi) is 11.7. The Morgan fingerprint density at radius 1 is 0.769 bits per heavy atom. The fourth-order valence-corrected chi connectivity index (χ4v) is 3.40. The molecule has 26 heavy (non-hydrogen) atoms. The van der Waals surface area contributed by atoms with Crippen molar-refractivity contribution in [1.82, 2.24) is 0 Å². The monoisotopic (exact) mass is 360 g/mol. The molecule has 0 aliphatic heterocycles. The van der Waals surface area contributed by atoms with Crippen molar-refractivity contribution in [1.29, 1.82) is 0 Å². The van der Waals surface area contributed by atoms with Gasteiger partial charge in [-0.15, -0.1) is 0 Å². The van der Waals surface area contributed by atoms with Crippen LogP contribution in [0.3, 0.4) is 0 Å². The van der Waals surface area contributed by atoms with Gasteiger partial charge in [0.1, 0.15) is 17.3 Å². The molecule has 0 heterocycles. The van der Waals surface area contributed by atoms with Crippen molar-refractivity contribution in [2.45, 2.75) is 90.9 Å². The normalized spacial score (nSPS) is 11.0. The van der Waals surface area contributed by atoms with E-state index in [0.29, 0.717) is 18.6 Å². The summed E-state index contributed by atoms with van der Waals surface area (Å²) in [5.41, 5.74) is 1.29. The number of phenolic OH excluding ortho intramolecular Hbond substituents is 1. The molecule has 0 aromatic heterocycles. The molecule has 146 valence electrons. The molecule has 0 aliphatic rings. The second-order valence-electron chi connectivity index (χ2n) is 7.23. The summed E-state index contributed by atoms with van der Waals surface area (Å²) in [5, 5.41) is 9.26. The topological polar surface area (TPSA) is 54.4 Å². The van der Waals surface area contributed by atoms with Crippen LogP contribution in [-0.4, -0.2) is 16.7 Å². The lowest BCUT2D eigenvalue weighted by Gasteiger charge is -2.12. The first-order valence-corrected chi connectivity index (χ1v) is 10.4. The van der Waals surface area contributed by atoms with E-state index in [-0.39, 0.29) is 17.5 Å². The summed E-state index contributed by atoms with van der Waals surface area (Å²) in [5.74, 6) is 0.221. The highest BCUT2D eigenvalue weighted by molar-refractivity contribution is 6.02. The van der Waals surface area contributed by atoms with Crippen LogP contribution < -0.4 is 0 Å². The third-order valence-electron chi connectivity index (χ3n) is 5.12. The van der Waals surface area contributed by atoms with Crippen LogP contribution in [0.1, 0.15) is 90.0 Å². The fraction of sp³-hybridized carbons (Fsp3) is 0.652. The van der Waals surface area contributed by atoms with Crippen molar-refractivity contribution in [3.05, 3.63) is 29.8 Å². The second kappa shape index (κ2) is 13.5. The Labute approximate surface area is 159 Å². The summed E-state index contributed by atoms with van der Waals surface area (Å²) in [7, 11) is 0. The molecule has 0 radical (unpaired) electrons. The summed E-state index contributed by atoms with van der Waals surface area (Å²) >= 11 is 0. The van der Waals surface area contributed by atoms with Crippen LogP contribution in [0.5, 0.6) is 5.75 Å². The molecule has 1 N–H and O–H groups in total. The summed E-state index contributed by atoms with van der Waals surface area (Å²) in [4.78, 5) is 23.7. The third-order valence-corrected chi connectivity index (χ3v) is 5.12. The van der Waals surface area contributed by atoms with E-state index in [9.17, 15) is 14.7 Å². The number of hydrogen-bond acceptors (Lipinski definition) is 3. The first-order valence-electron chi connectivity index (χ1n) is 10.4. The van der Waals surface area contributed by atoms with Crippen LogP contribution in [0.2, 0.25) is 0 Å². The molecule has 1 rings (SSSR count). The molecule has 0 atom stereocenters. The van der Waals surface area contributed by atoms with E-state index in [1.54, 1.807) is 12.1 Å². The van der Waals surface area contributed by atoms with Gasteiger partial charge in [0.05, 0.1) is 5.92 Å². The van der Waals surface area contributed by atoms with Gasteiger partial charge < -0.3 is 5.11 Å². The first-order chi connectivity index (χ1) is 12.6. The summed E-state index contributed by atoms with van der Waals surface area (Å²) in [6.07, 6.45) is 12.3. The number of phenols is 1. The van der Waals surface area contributed by atoms with Gasteiger partial charge in [0.15, 0.2) is 0 Å². The number of aromatic hydroxyl groups is 1. The maximum atomic E-state index is 11.9. The van der Waals surface area contributed by atoms with Gasteiger partial charge in [0.2, 0.25) is 0 Å². The number of carbonyl (C=O) groups is 2. The summed E-state index contributed by atoms with van der Waals surface area (Å²) < 4.78 is 0. The Morgan fingerprint density at radius 3 is 1.73 bits per heavy atom. The molecule has 0 aliphatic carbocycles. The maximum Gasteiger partial charge on any atom is 0.143 e. The number of carbonyl (C=O) groups excluding carboxylic acids is 2. The zero-order valence-electron chi connectivity index (χ0n) is 16.6. The van der Waals surface area contributed by atoms with Crippen LogP contribution in [-0.2, 0) is 16.0 Å². The molecule has 0 saturated carbocycles. The Hall–Kier alpha value is -1.64. The molecule has 0 unspecified atom stereocenters. The molecular formula is C23H36O3. The molecule has 3 nitrogen and oxygen atoms in total. The molecular weight excluding hydrogens is 324 g/mol. The molecule has 0 amide bonds. The zero-order chi connectivity index (χ0) is 19.2. The van der Waals surface area contributed by atoms with Gasteiger partial charge in [-0.1, -0.05) is 70.9 Å². The number of Topliss-reactive ketones (excluding diaryl/α,β-unsaturated/α-hetero) is 2. The van der Waals surface area contributed by atoms with Gasteiger partial charge in [-0.25, -0.2) is 0 Å². The Bertz CT molecular complexity index is 503. The van der Waals surface area contributed by atoms with Gasteiger partial charge in [-0.3, -0.25) is 9.59 Å². The number of rotatable bonds is 15. The lowest BCUT2D eigenvalue weighted by atomic mass is 9.90. The number of benzene rings is 1. The molecule has 1 aromatic rings. The van der Waals surface area contributed by atoms with Crippen LogP contribution in [0, 0.1) is 5.92 Å². The highest BCUT2D eigenvalue weighted by Gasteiger charge is 2.22. The molecule has 1 aromatic carbocycles. The Balaban J connectivity index is 2.00. The SMILES string of the molecule is CCC(=O)C(CCCCCCCCCCc1ccc(O)cc1)C(=O)CC. The van der Waals surface area contributed by atoms with Crippen molar-refractivity contribution < 1.29 is 14.7 Å². The molecule has 0 saturated heterocycles. The minimum atomic E-state index is -0.343. The second-order valence-corrected chi connectivity index (χ2v) is 7.23. The number of unbranched alkanes of at least 4 members (excludes halogenated alkanes) is 7. The lowest BCUT2D eigenvalue weighted by molar-refractivity contribution is -0.132. The first kappa shape index (κ1) is 22.4. The molecule has 0 fully saturated rings. The zero-order valence-corrected chi connectivity index (χ0v) is 16.6. The Morgan fingerprint density at radius 2 is 1.23 bits per heavy atom. The van der Waals surface area contributed by atoms with Crippen LogP contribution >= 0.6 is 0 Å².